The maximum atomic E-state index is 11.7. The number of unbranched alkanes of at least 4 members (excludes halogenated alkanes) is 1. The number of hydrogen-bond acceptors (Lipinski definition) is 4. The van der Waals surface area contributed by atoms with E-state index in [2.05, 4.69) is 15.5 Å². The van der Waals surface area contributed by atoms with Crippen LogP contribution in [0.3, 0.4) is 0 Å². The molecule has 138 valence electrons. The van der Waals surface area contributed by atoms with Crippen molar-refractivity contribution in [2.45, 2.75) is 25.7 Å². The molecule has 1 fully saturated rings. The molecule has 6 nitrogen and oxygen atoms in total. The van der Waals surface area contributed by atoms with Gasteiger partial charge in [0.2, 0.25) is 5.91 Å². The van der Waals surface area contributed by atoms with Crippen LogP contribution in [0.1, 0.15) is 25.7 Å². The largest absolute Gasteiger partial charge is 0.484 e. The third kappa shape index (κ3) is 8.23. The number of likely N-dealkylation sites (tertiary alicyclic amines) is 1. The van der Waals surface area contributed by atoms with Gasteiger partial charge in [0.05, 0.1) is 6.54 Å². The molecule has 7 heteroatoms. The molecule has 0 saturated carbocycles. The summed E-state index contributed by atoms with van der Waals surface area (Å²) in [4.78, 5) is 25.8. The van der Waals surface area contributed by atoms with Crippen LogP contribution in [0.2, 0.25) is 5.02 Å². The summed E-state index contributed by atoms with van der Waals surface area (Å²) in [6.07, 6.45) is 4.65. The second-order valence-electron chi connectivity index (χ2n) is 6.13. The van der Waals surface area contributed by atoms with Crippen LogP contribution in [0.15, 0.2) is 24.3 Å². The number of amides is 2. The number of ether oxygens (including phenoxy) is 1. The van der Waals surface area contributed by atoms with Gasteiger partial charge in [-0.2, -0.15) is 0 Å². The Labute approximate surface area is 153 Å². The van der Waals surface area contributed by atoms with Gasteiger partial charge in [-0.1, -0.05) is 11.6 Å². The summed E-state index contributed by atoms with van der Waals surface area (Å²) >= 11 is 5.77. The Bertz CT molecular complexity index is 545. The van der Waals surface area contributed by atoms with Crippen molar-refractivity contribution in [3.63, 3.8) is 0 Å². The molecule has 0 bridgehead atoms. The molecular weight excluding hydrogens is 342 g/mol. The third-order valence-electron chi connectivity index (χ3n) is 4.05. The monoisotopic (exact) mass is 367 g/mol. The molecule has 1 aliphatic heterocycles. The van der Waals surface area contributed by atoms with E-state index in [-0.39, 0.29) is 25.0 Å². The average Bonchev–Trinajstić information content (AvgIpc) is 3.12. The van der Waals surface area contributed by atoms with Crippen LogP contribution in [0.5, 0.6) is 5.75 Å². The van der Waals surface area contributed by atoms with E-state index in [1.807, 2.05) is 0 Å². The summed E-state index contributed by atoms with van der Waals surface area (Å²) in [6.45, 7) is 3.99. The Hall–Kier alpha value is -1.79. The minimum Gasteiger partial charge on any atom is -0.484 e. The van der Waals surface area contributed by atoms with E-state index in [1.54, 1.807) is 24.3 Å². The maximum absolute atomic E-state index is 11.7. The van der Waals surface area contributed by atoms with Crippen molar-refractivity contribution in [1.29, 1.82) is 0 Å². The van der Waals surface area contributed by atoms with Gasteiger partial charge in [-0.3, -0.25) is 9.59 Å². The van der Waals surface area contributed by atoms with Crippen LogP contribution in [0.4, 0.5) is 0 Å². The van der Waals surface area contributed by atoms with Crippen LogP contribution in [-0.2, 0) is 9.59 Å². The lowest BCUT2D eigenvalue weighted by atomic mass is 10.3. The van der Waals surface area contributed by atoms with Gasteiger partial charge >= 0.3 is 0 Å². The van der Waals surface area contributed by atoms with E-state index in [0.29, 0.717) is 17.3 Å². The van der Waals surface area contributed by atoms with Gasteiger partial charge < -0.3 is 20.3 Å². The summed E-state index contributed by atoms with van der Waals surface area (Å²) in [5.74, 6) is 0.0437. The number of halogens is 1. The van der Waals surface area contributed by atoms with E-state index in [4.69, 9.17) is 16.3 Å². The lowest BCUT2D eigenvalue weighted by molar-refractivity contribution is -0.127. The average molecular weight is 368 g/mol. The number of benzene rings is 1. The normalized spacial score (nSPS) is 14.3. The van der Waals surface area contributed by atoms with Crippen molar-refractivity contribution < 1.29 is 14.3 Å². The molecule has 0 aromatic heterocycles. The molecule has 25 heavy (non-hydrogen) atoms. The first-order valence-electron chi connectivity index (χ1n) is 8.77. The molecule has 0 atom stereocenters. The lowest BCUT2D eigenvalue weighted by Crippen LogP contribution is -2.39. The Morgan fingerprint density at radius 2 is 1.76 bits per heavy atom. The summed E-state index contributed by atoms with van der Waals surface area (Å²) in [5.41, 5.74) is 0. The van der Waals surface area contributed by atoms with Gasteiger partial charge in [0.25, 0.3) is 5.91 Å². The van der Waals surface area contributed by atoms with E-state index < -0.39 is 0 Å². The number of nitrogens with one attached hydrogen (secondary N) is 2. The van der Waals surface area contributed by atoms with E-state index in [9.17, 15) is 9.59 Å². The summed E-state index contributed by atoms with van der Waals surface area (Å²) < 4.78 is 5.31. The van der Waals surface area contributed by atoms with Crippen molar-refractivity contribution in [3.8, 4) is 5.75 Å². The van der Waals surface area contributed by atoms with Crippen LogP contribution in [0, 0.1) is 0 Å². The molecule has 1 aromatic carbocycles. The maximum Gasteiger partial charge on any atom is 0.258 e. The molecule has 0 unspecified atom stereocenters. The van der Waals surface area contributed by atoms with Crippen molar-refractivity contribution in [1.82, 2.24) is 15.5 Å². The summed E-state index contributed by atoms with van der Waals surface area (Å²) in [6, 6.07) is 6.74. The minimum atomic E-state index is -0.334. The van der Waals surface area contributed by atoms with Crippen LogP contribution < -0.4 is 15.4 Å². The van der Waals surface area contributed by atoms with Crippen LogP contribution in [-0.4, -0.2) is 56.0 Å². The zero-order valence-corrected chi connectivity index (χ0v) is 15.2. The van der Waals surface area contributed by atoms with Crippen molar-refractivity contribution >= 4 is 23.4 Å². The minimum absolute atomic E-state index is 0.0328. The number of rotatable bonds is 10. The van der Waals surface area contributed by atoms with Crippen LogP contribution in [0.25, 0.3) is 0 Å². The first-order valence-corrected chi connectivity index (χ1v) is 9.15. The molecule has 0 aliphatic carbocycles. The van der Waals surface area contributed by atoms with Gasteiger partial charge in [0, 0.05) is 11.6 Å². The first-order chi connectivity index (χ1) is 12.1. The third-order valence-corrected chi connectivity index (χ3v) is 4.30. The molecule has 2 N–H and O–H groups in total. The van der Waals surface area contributed by atoms with Gasteiger partial charge in [-0.05, 0) is 69.6 Å². The standard InChI is InChI=1S/C18H26ClN3O3/c19-15-5-7-16(8-6-15)25-14-18(24)21-13-17(23)20-9-1-2-10-22-11-3-4-12-22/h5-8H,1-4,9-14H2,(H,20,23)(H,21,24). The Morgan fingerprint density at radius 3 is 2.48 bits per heavy atom. The number of hydrogen-bond donors (Lipinski definition) is 2. The Morgan fingerprint density at radius 1 is 1.04 bits per heavy atom. The number of carbonyl (C=O) groups is 2. The zero-order valence-electron chi connectivity index (χ0n) is 14.4. The first kappa shape index (κ1) is 19.5. The zero-order chi connectivity index (χ0) is 17.9. The molecule has 1 heterocycles. The predicted octanol–water partition coefficient (Wildman–Crippen LogP) is 1.83. The molecule has 2 amide bonds. The molecule has 0 radical (unpaired) electrons. The smallest absolute Gasteiger partial charge is 0.258 e. The Kier molecular flexibility index (Phi) is 8.55. The van der Waals surface area contributed by atoms with Gasteiger partial charge in [-0.15, -0.1) is 0 Å². The van der Waals surface area contributed by atoms with Crippen molar-refractivity contribution in [2.24, 2.45) is 0 Å². The second-order valence-corrected chi connectivity index (χ2v) is 6.56. The summed E-state index contributed by atoms with van der Waals surface area (Å²) in [5, 5.41) is 5.96. The van der Waals surface area contributed by atoms with E-state index in [0.717, 1.165) is 19.4 Å². The van der Waals surface area contributed by atoms with Crippen LogP contribution >= 0.6 is 11.6 Å². The van der Waals surface area contributed by atoms with Crippen molar-refractivity contribution in [2.75, 3.05) is 39.3 Å². The van der Waals surface area contributed by atoms with E-state index in [1.165, 1.54) is 25.9 Å². The molecule has 1 aromatic rings. The fourth-order valence-electron chi connectivity index (χ4n) is 2.67. The molecular formula is C18H26ClN3O3. The predicted molar refractivity (Wildman–Crippen MR) is 97.9 cm³/mol. The lowest BCUT2D eigenvalue weighted by Gasteiger charge is -2.14. The molecule has 0 spiro atoms. The highest BCUT2D eigenvalue weighted by atomic mass is 35.5. The highest BCUT2D eigenvalue weighted by Crippen LogP contribution is 2.15. The number of carbonyl (C=O) groups excluding carboxylic acids is 2. The van der Waals surface area contributed by atoms with Gasteiger partial charge in [-0.25, -0.2) is 0 Å². The van der Waals surface area contributed by atoms with E-state index >= 15 is 0 Å². The molecule has 2 rings (SSSR count). The highest BCUT2D eigenvalue weighted by molar-refractivity contribution is 6.30. The highest BCUT2D eigenvalue weighted by Gasteiger charge is 2.10. The van der Waals surface area contributed by atoms with Gasteiger partial charge in [0.1, 0.15) is 5.75 Å². The second kappa shape index (κ2) is 10.9. The molecule has 1 aliphatic rings. The van der Waals surface area contributed by atoms with Gasteiger partial charge in [0.15, 0.2) is 6.61 Å². The number of nitrogens with zero attached hydrogens (tertiary/aromatic N) is 1. The Balaban J connectivity index is 1.47. The fourth-order valence-corrected chi connectivity index (χ4v) is 2.79. The topological polar surface area (TPSA) is 70.7 Å². The fraction of sp³-hybridized carbons (Fsp3) is 0.556. The summed E-state index contributed by atoms with van der Waals surface area (Å²) in [7, 11) is 0. The molecule has 1 saturated heterocycles. The van der Waals surface area contributed by atoms with Crippen molar-refractivity contribution in [3.05, 3.63) is 29.3 Å². The SMILES string of the molecule is O=C(CNC(=O)COc1ccc(Cl)cc1)NCCCCN1CCCC1. The quantitative estimate of drug-likeness (QED) is 0.619.